The second kappa shape index (κ2) is 5.50. The van der Waals surface area contributed by atoms with E-state index >= 15 is 0 Å². The van der Waals surface area contributed by atoms with Gasteiger partial charge in [0.2, 0.25) is 0 Å². The zero-order valence-electron chi connectivity index (χ0n) is 11.7. The average Bonchev–Trinajstić information content (AvgIpc) is 3.05. The van der Waals surface area contributed by atoms with Crippen molar-refractivity contribution in [1.82, 2.24) is 9.55 Å². The Kier molecular flexibility index (Phi) is 3.69. The zero-order chi connectivity index (χ0) is 15.0. The van der Waals surface area contributed by atoms with Gasteiger partial charge in [-0.15, -0.1) is 11.3 Å². The topological polar surface area (TPSA) is 46.9 Å². The predicted molar refractivity (Wildman–Crippen MR) is 87.4 cm³/mol. The highest BCUT2D eigenvalue weighted by Gasteiger charge is 2.20. The number of rotatable bonds is 3. The lowest BCUT2D eigenvalue weighted by Gasteiger charge is -2.08. The molecule has 0 saturated carbocycles. The van der Waals surface area contributed by atoms with Crippen molar-refractivity contribution in [2.75, 3.05) is 5.32 Å². The quantitative estimate of drug-likeness (QED) is 0.781. The number of aromatic nitrogens is 2. The van der Waals surface area contributed by atoms with Crippen molar-refractivity contribution in [3.63, 3.8) is 0 Å². The number of anilines is 1. The highest BCUT2D eigenvalue weighted by molar-refractivity contribution is 7.13. The van der Waals surface area contributed by atoms with Crippen molar-refractivity contribution in [3.8, 4) is 0 Å². The molecule has 1 N–H and O–H groups in total. The Bertz CT molecular complexity index is 808. The van der Waals surface area contributed by atoms with Gasteiger partial charge in [0.25, 0.3) is 5.91 Å². The fraction of sp³-hybridized carbons (Fsp3) is 0.200. The van der Waals surface area contributed by atoms with Gasteiger partial charge in [-0.1, -0.05) is 11.6 Å². The van der Waals surface area contributed by atoms with Crippen LogP contribution in [0.1, 0.15) is 23.0 Å². The molecule has 0 aliphatic carbocycles. The van der Waals surface area contributed by atoms with Crippen molar-refractivity contribution in [1.29, 1.82) is 0 Å². The van der Waals surface area contributed by atoms with Gasteiger partial charge in [0.15, 0.2) is 5.13 Å². The minimum absolute atomic E-state index is 0.142. The summed E-state index contributed by atoms with van der Waals surface area (Å²) in [6.07, 6.45) is 1.67. The number of hydrogen-bond donors (Lipinski definition) is 1. The normalized spacial score (nSPS) is 11.0. The third-order valence-electron chi connectivity index (χ3n) is 3.46. The van der Waals surface area contributed by atoms with Crippen LogP contribution in [-0.2, 0) is 6.54 Å². The molecule has 0 bridgehead atoms. The number of nitrogens with one attached hydrogen (secondary N) is 1. The van der Waals surface area contributed by atoms with E-state index in [2.05, 4.69) is 10.3 Å². The first-order chi connectivity index (χ1) is 10.1. The van der Waals surface area contributed by atoms with E-state index in [0.717, 1.165) is 16.5 Å². The van der Waals surface area contributed by atoms with Crippen LogP contribution < -0.4 is 5.32 Å². The molecule has 108 valence electrons. The number of carbonyl (C=O) groups is 1. The van der Waals surface area contributed by atoms with Gasteiger partial charge in [0, 0.05) is 34.0 Å². The SMILES string of the molecule is CCn1c(C(=O)Nc2nccs2)c(C)c2cc(Cl)ccc21. The maximum absolute atomic E-state index is 12.6. The highest BCUT2D eigenvalue weighted by Crippen LogP contribution is 2.29. The van der Waals surface area contributed by atoms with E-state index in [-0.39, 0.29) is 5.91 Å². The van der Waals surface area contributed by atoms with E-state index in [1.807, 2.05) is 42.0 Å². The summed E-state index contributed by atoms with van der Waals surface area (Å²) < 4.78 is 2.00. The summed E-state index contributed by atoms with van der Waals surface area (Å²) in [5.41, 5.74) is 2.61. The number of fused-ring (bicyclic) bond motifs is 1. The van der Waals surface area contributed by atoms with Crippen LogP contribution in [0.5, 0.6) is 0 Å². The molecule has 3 rings (SSSR count). The van der Waals surface area contributed by atoms with Crippen molar-refractivity contribution in [2.45, 2.75) is 20.4 Å². The van der Waals surface area contributed by atoms with Crippen LogP contribution in [-0.4, -0.2) is 15.5 Å². The maximum atomic E-state index is 12.6. The number of carbonyl (C=O) groups excluding carboxylic acids is 1. The molecule has 1 amide bonds. The number of benzene rings is 1. The number of amides is 1. The lowest BCUT2D eigenvalue weighted by atomic mass is 10.1. The summed E-state index contributed by atoms with van der Waals surface area (Å²) in [6, 6.07) is 5.70. The van der Waals surface area contributed by atoms with Gasteiger partial charge < -0.3 is 4.57 Å². The summed E-state index contributed by atoms with van der Waals surface area (Å²) in [6.45, 7) is 4.68. The molecule has 2 aromatic heterocycles. The first-order valence-electron chi connectivity index (χ1n) is 6.61. The largest absolute Gasteiger partial charge is 0.337 e. The molecule has 21 heavy (non-hydrogen) atoms. The van der Waals surface area contributed by atoms with Gasteiger partial charge >= 0.3 is 0 Å². The molecule has 4 nitrogen and oxygen atoms in total. The van der Waals surface area contributed by atoms with Crippen LogP contribution >= 0.6 is 22.9 Å². The van der Waals surface area contributed by atoms with Crippen LogP contribution in [0.4, 0.5) is 5.13 Å². The molecule has 1 aromatic carbocycles. The molecule has 0 radical (unpaired) electrons. The highest BCUT2D eigenvalue weighted by atomic mass is 35.5. The molecule has 0 saturated heterocycles. The monoisotopic (exact) mass is 319 g/mol. The Morgan fingerprint density at radius 1 is 1.48 bits per heavy atom. The van der Waals surface area contributed by atoms with E-state index < -0.39 is 0 Å². The molecular weight excluding hydrogens is 306 g/mol. The fourth-order valence-electron chi connectivity index (χ4n) is 2.56. The Balaban J connectivity index is 2.12. The lowest BCUT2D eigenvalue weighted by Crippen LogP contribution is -2.17. The molecule has 3 aromatic rings. The van der Waals surface area contributed by atoms with Crippen molar-refractivity contribution < 1.29 is 4.79 Å². The molecule has 0 aliphatic rings. The number of hydrogen-bond acceptors (Lipinski definition) is 3. The summed E-state index contributed by atoms with van der Waals surface area (Å²) in [5, 5.41) is 6.96. The smallest absolute Gasteiger partial charge is 0.274 e. The summed E-state index contributed by atoms with van der Waals surface area (Å²) in [5.74, 6) is -0.142. The Morgan fingerprint density at radius 3 is 2.95 bits per heavy atom. The first kappa shape index (κ1) is 14.1. The fourth-order valence-corrected chi connectivity index (χ4v) is 3.25. The molecular formula is C15H14ClN3OS. The number of halogens is 1. The summed E-state index contributed by atoms with van der Waals surface area (Å²) in [4.78, 5) is 16.7. The van der Waals surface area contributed by atoms with E-state index in [1.54, 1.807) is 6.20 Å². The average molecular weight is 320 g/mol. The van der Waals surface area contributed by atoms with Crippen LogP contribution in [0.3, 0.4) is 0 Å². The number of aryl methyl sites for hydroxylation is 2. The standard InChI is InChI=1S/C15H14ClN3OS/c1-3-19-12-5-4-10(16)8-11(12)9(2)13(19)14(20)18-15-17-6-7-21-15/h4-8H,3H2,1-2H3,(H,17,18,20). The molecule has 0 fully saturated rings. The molecule has 2 heterocycles. The maximum Gasteiger partial charge on any atom is 0.274 e. The van der Waals surface area contributed by atoms with Gasteiger partial charge in [0.05, 0.1) is 0 Å². The first-order valence-corrected chi connectivity index (χ1v) is 7.86. The lowest BCUT2D eigenvalue weighted by molar-refractivity contribution is 0.101. The van der Waals surface area contributed by atoms with E-state index in [0.29, 0.717) is 22.4 Å². The van der Waals surface area contributed by atoms with Gasteiger partial charge in [-0.05, 0) is 37.6 Å². The molecule has 6 heteroatoms. The van der Waals surface area contributed by atoms with Crippen molar-refractivity contribution in [3.05, 3.63) is 46.1 Å². The molecule has 0 spiro atoms. The second-order valence-electron chi connectivity index (χ2n) is 4.67. The third-order valence-corrected chi connectivity index (χ3v) is 4.39. The van der Waals surface area contributed by atoms with Gasteiger partial charge in [-0.2, -0.15) is 0 Å². The minimum Gasteiger partial charge on any atom is -0.337 e. The summed E-state index contributed by atoms with van der Waals surface area (Å²) in [7, 11) is 0. The van der Waals surface area contributed by atoms with Gasteiger partial charge in [-0.25, -0.2) is 4.98 Å². The zero-order valence-corrected chi connectivity index (χ0v) is 13.3. The number of thiazole rings is 1. The molecule has 0 atom stereocenters. The minimum atomic E-state index is -0.142. The Morgan fingerprint density at radius 2 is 2.29 bits per heavy atom. The van der Waals surface area contributed by atoms with Gasteiger partial charge in [0.1, 0.15) is 5.69 Å². The van der Waals surface area contributed by atoms with Crippen LogP contribution in [0.2, 0.25) is 5.02 Å². The van der Waals surface area contributed by atoms with Crippen molar-refractivity contribution in [2.24, 2.45) is 0 Å². The molecule has 0 unspecified atom stereocenters. The Hall–Kier alpha value is -1.85. The summed E-state index contributed by atoms with van der Waals surface area (Å²) >= 11 is 7.47. The van der Waals surface area contributed by atoms with E-state index in [1.165, 1.54) is 11.3 Å². The van der Waals surface area contributed by atoms with E-state index in [9.17, 15) is 4.79 Å². The van der Waals surface area contributed by atoms with Crippen LogP contribution in [0.15, 0.2) is 29.8 Å². The molecule has 0 aliphatic heterocycles. The van der Waals surface area contributed by atoms with Crippen molar-refractivity contribution >= 4 is 44.9 Å². The van der Waals surface area contributed by atoms with Gasteiger partial charge in [-0.3, -0.25) is 10.1 Å². The third kappa shape index (κ3) is 2.43. The second-order valence-corrected chi connectivity index (χ2v) is 6.00. The Labute approximate surface area is 131 Å². The predicted octanol–water partition coefficient (Wildman–Crippen LogP) is 4.33. The number of nitrogens with zero attached hydrogens (tertiary/aromatic N) is 2. The van der Waals surface area contributed by atoms with Crippen LogP contribution in [0.25, 0.3) is 10.9 Å². The van der Waals surface area contributed by atoms with Crippen LogP contribution in [0, 0.1) is 6.92 Å². The van der Waals surface area contributed by atoms with E-state index in [4.69, 9.17) is 11.6 Å².